The maximum Gasteiger partial charge on any atom is 0.370 e. The van der Waals surface area contributed by atoms with E-state index in [1.165, 1.54) is 46.6 Å². The average Bonchev–Trinajstić information content (AvgIpc) is 2.79. The zero-order valence-electron chi connectivity index (χ0n) is 17.7. The second-order valence-corrected chi connectivity index (χ2v) is 10.5. The highest BCUT2D eigenvalue weighted by molar-refractivity contribution is 7.54. The number of esters is 2. The molecule has 2 atom stereocenters. The van der Waals surface area contributed by atoms with Gasteiger partial charge in [0.15, 0.2) is 0 Å². The molecule has 11 nitrogen and oxygen atoms in total. The molecule has 0 saturated carbocycles. The SMILES string of the molecule is CCC(OC(=O)c1cccc(C(=O)OC(CC)P(=O)(OC)OC)n1)P(=O)(OC)OC. The van der Waals surface area contributed by atoms with Gasteiger partial charge < -0.3 is 27.6 Å². The Morgan fingerprint density at radius 1 is 0.800 bits per heavy atom. The summed E-state index contributed by atoms with van der Waals surface area (Å²) < 4.78 is 54.8. The van der Waals surface area contributed by atoms with Gasteiger partial charge >= 0.3 is 27.1 Å². The molecule has 30 heavy (non-hydrogen) atoms. The Balaban J connectivity index is 3.04. The summed E-state index contributed by atoms with van der Waals surface area (Å²) in [6.07, 6.45) is 0.321. The zero-order chi connectivity index (χ0) is 22.9. The number of carbonyl (C=O) groups excluding carboxylic acids is 2. The van der Waals surface area contributed by atoms with Crippen molar-refractivity contribution in [3.8, 4) is 0 Å². The van der Waals surface area contributed by atoms with Crippen molar-refractivity contribution < 1.29 is 46.3 Å². The monoisotopic (exact) mass is 467 g/mol. The van der Waals surface area contributed by atoms with Crippen molar-refractivity contribution in [3.05, 3.63) is 29.6 Å². The highest BCUT2D eigenvalue weighted by atomic mass is 31.2. The maximum atomic E-state index is 12.5. The zero-order valence-corrected chi connectivity index (χ0v) is 19.5. The molecule has 1 aromatic rings. The van der Waals surface area contributed by atoms with Crippen LogP contribution in [0.1, 0.15) is 47.7 Å². The van der Waals surface area contributed by atoms with Crippen molar-refractivity contribution >= 4 is 27.1 Å². The number of pyridine rings is 1. The van der Waals surface area contributed by atoms with E-state index in [2.05, 4.69) is 4.98 Å². The van der Waals surface area contributed by atoms with E-state index in [0.29, 0.717) is 0 Å². The Hall–Kier alpha value is -1.61. The van der Waals surface area contributed by atoms with Crippen LogP contribution in [0.25, 0.3) is 0 Å². The molecule has 0 radical (unpaired) electrons. The van der Waals surface area contributed by atoms with E-state index in [9.17, 15) is 18.7 Å². The predicted octanol–water partition coefficient (Wildman–Crippen LogP) is 3.84. The summed E-state index contributed by atoms with van der Waals surface area (Å²) in [6, 6.07) is 4.01. The number of carbonyl (C=O) groups is 2. The smallest absolute Gasteiger partial charge is 0.370 e. The number of rotatable bonds is 12. The number of nitrogens with zero attached hydrogens (tertiary/aromatic N) is 1. The molecule has 1 aromatic heterocycles. The Kier molecular flexibility index (Phi) is 10.3. The van der Waals surface area contributed by atoms with E-state index in [4.69, 9.17) is 27.6 Å². The Bertz CT molecular complexity index is 751. The number of hydrogen-bond acceptors (Lipinski definition) is 11. The summed E-state index contributed by atoms with van der Waals surface area (Å²) in [5.41, 5.74) is -0.451. The lowest BCUT2D eigenvalue weighted by Crippen LogP contribution is -2.22. The summed E-state index contributed by atoms with van der Waals surface area (Å²) in [5, 5.41) is 0. The molecule has 0 bridgehead atoms. The minimum atomic E-state index is -3.67. The van der Waals surface area contributed by atoms with Gasteiger partial charge in [0.05, 0.1) is 0 Å². The molecule has 0 fully saturated rings. The molecule has 13 heteroatoms. The van der Waals surface area contributed by atoms with Crippen LogP contribution in [0.2, 0.25) is 0 Å². The van der Waals surface area contributed by atoms with Crippen LogP contribution in [-0.4, -0.2) is 57.1 Å². The first kappa shape index (κ1) is 26.4. The molecule has 0 aromatic carbocycles. The highest BCUT2D eigenvalue weighted by Crippen LogP contribution is 2.54. The summed E-state index contributed by atoms with van der Waals surface area (Å²) >= 11 is 0. The lowest BCUT2D eigenvalue weighted by atomic mass is 10.3. The molecular formula is C17H27NO10P2. The van der Waals surface area contributed by atoms with Crippen molar-refractivity contribution in [2.75, 3.05) is 28.4 Å². The Labute approximate surface area is 175 Å². The minimum Gasteiger partial charge on any atom is -0.445 e. The second kappa shape index (κ2) is 11.7. The summed E-state index contributed by atoms with van der Waals surface area (Å²) in [5.74, 6) is -4.18. The maximum absolute atomic E-state index is 12.5. The summed E-state index contributed by atoms with van der Waals surface area (Å²) in [6.45, 7) is 3.28. The van der Waals surface area contributed by atoms with E-state index in [1.807, 2.05) is 0 Å². The van der Waals surface area contributed by atoms with Crippen molar-refractivity contribution in [3.63, 3.8) is 0 Å². The van der Waals surface area contributed by atoms with E-state index < -0.39 is 38.8 Å². The van der Waals surface area contributed by atoms with Crippen LogP contribution in [-0.2, 0) is 36.7 Å². The molecule has 0 aliphatic carbocycles. The lowest BCUT2D eigenvalue weighted by Gasteiger charge is -2.23. The van der Waals surface area contributed by atoms with Crippen LogP contribution in [0.3, 0.4) is 0 Å². The van der Waals surface area contributed by atoms with Gasteiger partial charge in [0, 0.05) is 28.4 Å². The van der Waals surface area contributed by atoms with Gasteiger partial charge in [0.25, 0.3) is 0 Å². The fourth-order valence-electron chi connectivity index (χ4n) is 2.39. The average molecular weight is 467 g/mol. The van der Waals surface area contributed by atoms with E-state index in [0.717, 1.165) is 0 Å². The van der Waals surface area contributed by atoms with Crippen LogP contribution in [0.15, 0.2) is 18.2 Å². The lowest BCUT2D eigenvalue weighted by molar-refractivity contribution is 0.0360. The van der Waals surface area contributed by atoms with Crippen LogP contribution in [0.5, 0.6) is 0 Å². The molecule has 0 amide bonds. The van der Waals surface area contributed by atoms with Crippen molar-refractivity contribution in [1.29, 1.82) is 0 Å². The third kappa shape index (κ3) is 6.20. The Morgan fingerprint density at radius 2 is 1.13 bits per heavy atom. The fourth-order valence-corrected chi connectivity index (χ4v) is 4.98. The number of hydrogen-bond donors (Lipinski definition) is 0. The summed E-state index contributed by atoms with van der Waals surface area (Å²) in [7, 11) is -2.62. The van der Waals surface area contributed by atoms with Crippen LogP contribution < -0.4 is 0 Å². The number of ether oxygens (including phenoxy) is 2. The predicted molar refractivity (Wildman–Crippen MR) is 106 cm³/mol. The first-order valence-electron chi connectivity index (χ1n) is 8.95. The number of aromatic nitrogens is 1. The first-order chi connectivity index (χ1) is 14.1. The van der Waals surface area contributed by atoms with Crippen molar-refractivity contribution in [1.82, 2.24) is 4.98 Å². The molecule has 0 spiro atoms. The molecule has 1 rings (SSSR count). The van der Waals surface area contributed by atoms with Gasteiger partial charge in [-0.25, -0.2) is 14.6 Å². The largest absolute Gasteiger partial charge is 0.445 e. The van der Waals surface area contributed by atoms with Gasteiger partial charge in [-0.2, -0.15) is 0 Å². The van der Waals surface area contributed by atoms with Crippen molar-refractivity contribution in [2.45, 2.75) is 38.4 Å². The third-order valence-corrected chi connectivity index (χ3v) is 8.46. The van der Waals surface area contributed by atoms with Gasteiger partial charge in [-0.3, -0.25) is 9.13 Å². The van der Waals surface area contributed by atoms with Crippen LogP contribution in [0.4, 0.5) is 0 Å². The standard InChI is InChI=1S/C17H27NO10P2/c1-7-14(29(21,23-3)24-4)27-16(19)12-10-9-11-13(18-12)17(20)28-15(8-2)30(22,25-5)26-6/h9-11,14-15H,7-8H2,1-6H3. The van der Waals surface area contributed by atoms with Crippen LogP contribution in [0, 0.1) is 0 Å². The topological polar surface area (TPSA) is 137 Å². The van der Waals surface area contributed by atoms with Gasteiger partial charge in [-0.15, -0.1) is 0 Å². The Morgan fingerprint density at radius 3 is 1.40 bits per heavy atom. The molecule has 0 saturated heterocycles. The van der Waals surface area contributed by atoms with E-state index >= 15 is 0 Å². The van der Waals surface area contributed by atoms with Gasteiger partial charge in [-0.05, 0) is 25.0 Å². The summed E-state index contributed by atoms with van der Waals surface area (Å²) in [4.78, 5) is 28.8. The molecule has 170 valence electrons. The van der Waals surface area contributed by atoms with Crippen LogP contribution >= 0.6 is 15.2 Å². The molecule has 0 N–H and O–H groups in total. The molecular weight excluding hydrogens is 440 g/mol. The van der Waals surface area contributed by atoms with Gasteiger partial charge in [0.1, 0.15) is 11.4 Å². The van der Waals surface area contributed by atoms with E-state index in [1.54, 1.807) is 13.8 Å². The molecule has 0 aliphatic rings. The molecule has 0 aliphatic heterocycles. The van der Waals surface area contributed by atoms with Crippen molar-refractivity contribution in [2.24, 2.45) is 0 Å². The normalized spacial score (nSPS) is 14.1. The van der Waals surface area contributed by atoms with Gasteiger partial charge in [-0.1, -0.05) is 19.9 Å². The van der Waals surface area contributed by atoms with E-state index in [-0.39, 0.29) is 24.2 Å². The molecule has 2 unspecified atom stereocenters. The highest BCUT2D eigenvalue weighted by Gasteiger charge is 2.38. The van der Waals surface area contributed by atoms with Gasteiger partial charge in [0.2, 0.25) is 11.7 Å². The fraction of sp³-hybridized carbons (Fsp3) is 0.588. The first-order valence-corrected chi connectivity index (χ1v) is 12.2. The molecule has 1 heterocycles. The second-order valence-electron chi connectivity index (χ2n) is 5.75. The third-order valence-electron chi connectivity index (χ3n) is 4.08. The quantitative estimate of drug-likeness (QED) is 0.327. The minimum absolute atomic E-state index is 0.161.